The Morgan fingerprint density at radius 3 is 2.72 bits per heavy atom. The summed E-state index contributed by atoms with van der Waals surface area (Å²) in [6, 6.07) is 9.64. The molecule has 0 fully saturated rings. The summed E-state index contributed by atoms with van der Waals surface area (Å²) in [5, 5.41) is 0.649. The highest BCUT2D eigenvalue weighted by molar-refractivity contribution is 6.13. The second kappa shape index (κ2) is 5.44. The van der Waals surface area contributed by atoms with E-state index >= 15 is 0 Å². The first kappa shape index (κ1) is 15.9. The van der Waals surface area contributed by atoms with Crippen molar-refractivity contribution in [2.75, 3.05) is 0 Å². The zero-order valence-electron chi connectivity index (χ0n) is 13.8. The van der Waals surface area contributed by atoms with Crippen molar-refractivity contribution in [1.29, 1.82) is 0 Å². The molecule has 0 atom stereocenters. The van der Waals surface area contributed by atoms with Gasteiger partial charge in [-0.1, -0.05) is 12.1 Å². The highest BCUT2D eigenvalue weighted by Crippen LogP contribution is 2.31. The number of aliphatic imine (C=N–C) groups is 1. The van der Waals surface area contributed by atoms with E-state index in [1.165, 1.54) is 12.1 Å². The summed E-state index contributed by atoms with van der Waals surface area (Å²) in [7, 11) is 0. The lowest BCUT2D eigenvalue weighted by Crippen LogP contribution is -2.34. The van der Waals surface area contributed by atoms with Crippen LogP contribution in [-0.4, -0.2) is 20.8 Å². The number of para-hydroxylation sites is 1. The van der Waals surface area contributed by atoms with Crippen molar-refractivity contribution in [1.82, 2.24) is 9.55 Å². The predicted molar refractivity (Wildman–Crippen MR) is 90.8 cm³/mol. The van der Waals surface area contributed by atoms with Crippen LogP contribution in [0.5, 0.6) is 0 Å². The topological polar surface area (TPSA) is 30.2 Å². The molecular weight excluding hydrogens is 327 g/mol. The maximum absolute atomic E-state index is 13.8. The van der Waals surface area contributed by atoms with E-state index in [1.807, 2.05) is 13.8 Å². The largest absolute Gasteiger partial charge is 0.336 e. The molecule has 0 N–H and O–H groups in total. The number of rotatable bonds is 2. The van der Waals surface area contributed by atoms with E-state index in [0.717, 1.165) is 0 Å². The normalized spacial score (nSPS) is 16.2. The van der Waals surface area contributed by atoms with Crippen molar-refractivity contribution in [3.8, 4) is 0 Å². The number of aromatic nitrogens is 2. The lowest BCUT2D eigenvalue weighted by Gasteiger charge is -2.30. The molecule has 25 heavy (non-hydrogen) atoms. The molecular formula is C19H16F3N3. The number of benzene rings is 1. The highest BCUT2D eigenvalue weighted by Gasteiger charge is 2.31. The van der Waals surface area contributed by atoms with Crippen molar-refractivity contribution in [2.45, 2.75) is 32.4 Å². The Bertz CT molecular complexity index is 1000. The van der Waals surface area contributed by atoms with Gasteiger partial charge in [-0.15, -0.1) is 0 Å². The number of nitrogens with zero attached hydrogens (tertiary/aromatic N) is 3. The smallest absolute Gasteiger partial charge is 0.278 e. The van der Waals surface area contributed by atoms with E-state index in [2.05, 4.69) is 4.98 Å². The van der Waals surface area contributed by atoms with Crippen molar-refractivity contribution in [3.05, 3.63) is 65.4 Å². The van der Waals surface area contributed by atoms with Crippen LogP contribution in [0, 0.1) is 5.82 Å². The number of pyridine rings is 1. The quantitative estimate of drug-likeness (QED) is 0.661. The number of hydrogen-bond donors (Lipinski definition) is 0. The first-order valence-electron chi connectivity index (χ1n) is 7.98. The number of fused-ring (bicyclic) bond motifs is 2. The number of hydrogen-bond acceptors (Lipinski definition) is 2. The van der Waals surface area contributed by atoms with Gasteiger partial charge < -0.3 is 4.57 Å². The third-order valence-electron chi connectivity index (χ3n) is 4.38. The molecule has 1 aliphatic rings. The zero-order chi connectivity index (χ0) is 17.8. The second-order valence-electron chi connectivity index (χ2n) is 6.84. The average molecular weight is 343 g/mol. The van der Waals surface area contributed by atoms with E-state index in [4.69, 9.17) is 4.99 Å². The fourth-order valence-electron chi connectivity index (χ4n) is 3.30. The summed E-state index contributed by atoms with van der Waals surface area (Å²) in [6.45, 7) is 4.19. The van der Waals surface area contributed by atoms with Gasteiger partial charge >= 0.3 is 0 Å². The summed E-state index contributed by atoms with van der Waals surface area (Å²) >= 11 is 0. The van der Waals surface area contributed by atoms with Crippen LogP contribution in [-0.2, 0) is 6.54 Å². The van der Waals surface area contributed by atoms with Crippen LogP contribution in [0.4, 0.5) is 13.2 Å². The molecule has 0 radical (unpaired) electrons. The third-order valence-corrected chi connectivity index (χ3v) is 4.38. The first-order chi connectivity index (χ1) is 11.9. The molecule has 0 spiro atoms. The summed E-state index contributed by atoms with van der Waals surface area (Å²) in [6.07, 6.45) is -1.00. The Kier molecular flexibility index (Phi) is 3.45. The Morgan fingerprint density at radius 1 is 1.16 bits per heavy atom. The molecule has 1 aromatic carbocycles. The summed E-state index contributed by atoms with van der Waals surface area (Å²) < 4.78 is 42.1. The lowest BCUT2D eigenvalue weighted by molar-refractivity contribution is 0.139. The molecule has 0 bridgehead atoms. The van der Waals surface area contributed by atoms with Gasteiger partial charge in [0.1, 0.15) is 11.3 Å². The van der Waals surface area contributed by atoms with E-state index in [9.17, 15) is 13.2 Å². The molecule has 6 heteroatoms. The van der Waals surface area contributed by atoms with Crippen molar-refractivity contribution in [2.24, 2.45) is 4.99 Å². The Labute approximate surface area is 142 Å². The molecule has 3 aromatic rings. The van der Waals surface area contributed by atoms with Crippen molar-refractivity contribution < 1.29 is 13.2 Å². The van der Waals surface area contributed by atoms with E-state index < -0.39 is 17.8 Å². The third kappa shape index (κ3) is 2.62. The molecule has 128 valence electrons. The van der Waals surface area contributed by atoms with Gasteiger partial charge in [-0.25, -0.2) is 13.2 Å². The maximum Gasteiger partial charge on any atom is 0.278 e. The van der Waals surface area contributed by atoms with Gasteiger partial charge in [0.25, 0.3) is 6.43 Å². The van der Waals surface area contributed by atoms with Gasteiger partial charge in [-0.3, -0.25) is 9.98 Å². The van der Waals surface area contributed by atoms with Crippen LogP contribution >= 0.6 is 0 Å². The lowest BCUT2D eigenvalue weighted by atomic mass is 9.99. The fraction of sp³-hybridized carbons (Fsp3) is 0.263. The van der Waals surface area contributed by atoms with Crippen molar-refractivity contribution >= 4 is 16.6 Å². The van der Waals surface area contributed by atoms with E-state index in [0.29, 0.717) is 28.9 Å². The monoisotopic (exact) mass is 343 g/mol. The van der Waals surface area contributed by atoms with Gasteiger partial charge in [-0.2, -0.15) is 0 Å². The SMILES string of the molecule is CC1(C)Cn2c(ccc2C(F)F)C(c2cnc3c(F)cccc3c2)=N1. The van der Waals surface area contributed by atoms with E-state index in [1.54, 1.807) is 35.0 Å². The van der Waals surface area contributed by atoms with Gasteiger partial charge in [-0.05, 0) is 38.1 Å². The Morgan fingerprint density at radius 2 is 1.96 bits per heavy atom. The molecule has 2 aromatic heterocycles. The Hall–Kier alpha value is -2.63. The molecule has 0 aliphatic carbocycles. The highest BCUT2D eigenvalue weighted by atomic mass is 19.3. The minimum atomic E-state index is -2.55. The molecule has 3 nitrogen and oxygen atoms in total. The van der Waals surface area contributed by atoms with Crippen LogP contribution < -0.4 is 0 Å². The van der Waals surface area contributed by atoms with Crippen LogP contribution in [0.15, 0.2) is 47.6 Å². The molecule has 3 heterocycles. The van der Waals surface area contributed by atoms with Gasteiger partial charge in [0.05, 0.1) is 22.6 Å². The maximum atomic E-state index is 13.8. The summed E-state index contributed by atoms with van der Waals surface area (Å²) in [5.41, 5.74) is 1.66. The van der Waals surface area contributed by atoms with Crippen LogP contribution in [0.25, 0.3) is 10.9 Å². The van der Waals surface area contributed by atoms with Gasteiger partial charge in [0.2, 0.25) is 0 Å². The minimum absolute atomic E-state index is 0.0183. The average Bonchev–Trinajstić information content (AvgIpc) is 2.96. The van der Waals surface area contributed by atoms with Gasteiger partial charge in [0.15, 0.2) is 0 Å². The molecule has 0 saturated heterocycles. The number of alkyl halides is 2. The Balaban J connectivity index is 1.91. The minimum Gasteiger partial charge on any atom is -0.336 e. The van der Waals surface area contributed by atoms with Crippen LogP contribution in [0.2, 0.25) is 0 Å². The predicted octanol–water partition coefficient (Wildman–Crippen LogP) is 4.74. The van der Waals surface area contributed by atoms with Gasteiger partial charge in [0, 0.05) is 23.7 Å². The van der Waals surface area contributed by atoms with Crippen LogP contribution in [0.1, 0.15) is 37.2 Å². The fourth-order valence-corrected chi connectivity index (χ4v) is 3.30. The number of halogens is 3. The molecule has 0 saturated carbocycles. The molecule has 0 unspecified atom stereocenters. The molecule has 4 rings (SSSR count). The standard InChI is InChI=1S/C19H16F3N3/c1-19(2)10-25-14(6-7-15(25)18(21)22)17(24-19)12-8-11-4-3-5-13(20)16(11)23-9-12/h3-9,18H,10H2,1-2H3. The van der Waals surface area contributed by atoms with Crippen molar-refractivity contribution in [3.63, 3.8) is 0 Å². The zero-order valence-corrected chi connectivity index (χ0v) is 13.8. The molecule has 0 amide bonds. The molecule has 1 aliphatic heterocycles. The summed E-state index contributed by atoms with van der Waals surface area (Å²) in [4.78, 5) is 8.95. The second-order valence-corrected chi connectivity index (χ2v) is 6.84. The first-order valence-corrected chi connectivity index (χ1v) is 7.98. The van der Waals surface area contributed by atoms with Crippen LogP contribution in [0.3, 0.4) is 0 Å². The van der Waals surface area contributed by atoms with E-state index in [-0.39, 0.29) is 11.2 Å². The summed E-state index contributed by atoms with van der Waals surface area (Å²) in [5.74, 6) is -0.390.